The highest BCUT2D eigenvalue weighted by Crippen LogP contribution is 2.22. The largest absolute Gasteiger partial charge is 0.303 e. The standard InChI is InChI=1S/C15H23NOS/c1-12-7-9-16(11-13(12)2)8-3-5-14(17)15-6-4-10-18-15/h4,6,10,12-13H,3,5,7-9,11H2,1-2H3. The number of piperidine rings is 1. The number of carbonyl (C=O) groups is 1. The molecular formula is C15H23NOS. The Labute approximate surface area is 114 Å². The predicted molar refractivity (Wildman–Crippen MR) is 77.3 cm³/mol. The molecule has 0 spiro atoms. The second-order valence-corrected chi connectivity index (χ2v) is 6.50. The molecule has 1 saturated heterocycles. The lowest BCUT2D eigenvalue weighted by molar-refractivity contribution is 0.0965. The molecule has 0 radical (unpaired) electrons. The second kappa shape index (κ2) is 6.48. The number of nitrogens with zero attached hydrogens (tertiary/aromatic N) is 1. The molecule has 2 atom stereocenters. The SMILES string of the molecule is CC1CCN(CCCC(=O)c2cccs2)CC1C. The Bertz CT molecular complexity index is 374. The van der Waals surface area contributed by atoms with Gasteiger partial charge >= 0.3 is 0 Å². The summed E-state index contributed by atoms with van der Waals surface area (Å²) in [5.41, 5.74) is 0. The van der Waals surface area contributed by atoms with Crippen molar-refractivity contribution in [3.05, 3.63) is 22.4 Å². The van der Waals surface area contributed by atoms with Gasteiger partial charge in [0.2, 0.25) is 0 Å². The van der Waals surface area contributed by atoms with Gasteiger partial charge in [0.1, 0.15) is 0 Å². The van der Waals surface area contributed by atoms with Gasteiger partial charge in [-0.25, -0.2) is 0 Å². The predicted octanol–water partition coefficient (Wildman–Crippen LogP) is 3.69. The number of carbonyl (C=O) groups excluding carboxylic acids is 1. The van der Waals surface area contributed by atoms with E-state index in [1.807, 2.05) is 17.5 Å². The van der Waals surface area contributed by atoms with Gasteiger partial charge in [-0.15, -0.1) is 11.3 Å². The number of likely N-dealkylation sites (tertiary alicyclic amines) is 1. The lowest BCUT2D eigenvalue weighted by Gasteiger charge is -2.35. The molecule has 1 aromatic rings. The summed E-state index contributed by atoms with van der Waals surface area (Å²) in [6.07, 6.45) is 3.00. The maximum Gasteiger partial charge on any atom is 0.172 e. The molecule has 0 aliphatic carbocycles. The summed E-state index contributed by atoms with van der Waals surface area (Å²) in [6, 6.07) is 3.88. The van der Waals surface area contributed by atoms with Crippen molar-refractivity contribution in [2.75, 3.05) is 19.6 Å². The van der Waals surface area contributed by atoms with Crippen molar-refractivity contribution in [1.82, 2.24) is 4.90 Å². The van der Waals surface area contributed by atoms with Crippen molar-refractivity contribution in [3.63, 3.8) is 0 Å². The topological polar surface area (TPSA) is 20.3 Å². The molecule has 2 nitrogen and oxygen atoms in total. The monoisotopic (exact) mass is 265 g/mol. The smallest absolute Gasteiger partial charge is 0.172 e. The van der Waals surface area contributed by atoms with Gasteiger partial charge in [0.15, 0.2) is 5.78 Å². The maximum absolute atomic E-state index is 11.9. The number of thiophene rings is 1. The van der Waals surface area contributed by atoms with Gasteiger partial charge in [0.25, 0.3) is 0 Å². The fourth-order valence-electron chi connectivity index (χ4n) is 2.58. The molecule has 1 aliphatic rings. The Hall–Kier alpha value is -0.670. The number of hydrogen-bond donors (Lipinski definition) is 0. The van der Waals surface area contributed by atoms with Crippen molar-refractivity contribution >= 4 is 17.1 Å². The molecule has 3 heteroatoms. The molecule has 18 heavy (non-hydrogen) atoms. The van der Waals surface area contributed by atoms with E-state index in [1.165, 1.54) is 19.5 Å². The first-order valence-electron chi connectivity index (χ1n) is 6.96. The van der Waals surface area contributed by atoms with Crippen LogP contribution in [0.2, 0.25) is 0 Å². The molecule has 1 aromatic heterocycles. The summed E-state index contributed by atoms with van der Waals surface area (Å²) in [7, 11) is 0. The highest BCUT2D eigenvalue weighted by molar-refractivity contribution is 7.12. The van der Waals surface area contributed by atoms with Crippen LogP contribution in [0.5, 0.6) is 0 Å². The van der Waals surface area contributed by atoms with Gasteiger partial charge in [0.05, 0.1) is 4.88 Å². The second-order valence-electron chi connectivity index (χ2n) is 5.55. The van der Waals surface area contributed by atoms with E-state index >= 15 is 0 Å². The maximum atomic E-state index is 11.9. The van der Waals surface area contributed by atoms with Crippen molar-refractivity contribution in [3.8, 4) is 0 Å². The Morgan fingerprint density at radius 2 is 2.28 bits per heavy atom. The highest BCUT2D eigenvalue weighted by atomic mass is 32.1. The number of rotatable bonds is 5. The van der Waals surface area contributed by atoms with Crippen molar-refractivity contribution in [2.45, 2.75) is 33.1 Å². The van der Waals surface area contributed by atoms with Gasteiger partial charge < -0.3 is 4.90 Å². The minimum absolute atomic E-state index is 0.309. The summed E-state index contributed by atoms with van der Waals surface area (Å²) < 4.78 is 0. The van der Waals surface area contributed by atoms with Crippen LogP contribution in [-0.2, 0) is 0 Å². The summed E-state index contributed by atoms with van der Waals surface area (Å²) in [6.45, 7) is 8.18. The quantitative estimate of drug-likeness (QED) is 0.757. The average Bonchev–Trinajstić information content (AvgIpc) is 2.87. The normalized spacial score (nSPS) is 25.2. The first-order valence-corrected chi connectivity index (χ1v) is 7.84. The van der Waals surface area contributed by atoms with Crippen LogP contribution in [0.25, 0.3) is 0 Å². The molecule has 0 saturated carbocycles. The van der Waals surface area contributed by atoms with Crippen molar-refractivity contribution in [2.24, 2.45) is 11.8 Å². The average molecular weight is 265 g/mol. The van der Waals surface area contributed by atoms with E-state index in [0.717, 1.165) is 29.7 Å². The first-order chi connectivity index (χ1) is 8.66. The van der Waals surface area contributed by atoms with E-state index in [2.05, 4.69) is 18.7 Å². The molecule has 2 unspecified atom stereocenters. The van der Waals surface area contributed by atoms with Crippen LogP contribution in [0.4, 0.5) is 0 Å². The minimum atomic E-state index is 0.309. The Balaban J connectivity index is 1.68. The summed E-state index contributed by atoms with van der Waals surface area (Å²) >= 11 is 1.55. The van der Waals surface area contributed by atoms with Gasteiger partial charge in [0, 0.05) is 13.0 Å². The summed E-state index contributed by atoms with van der Waals surface area (Å²) in [4.78, 5) is 15.3. The van der Waals surface area contributed by atoms with E-state index in [9.17, 15) is 4.79 Å². The van der Waals surface area contributed by atoms with Crippen LogP contribution in [0.3, 0.4) is 0 Å². The Kier molecular flexibility index (Phi) is 4.95. The zero-order valence-electron chi connectivity index (χ0n) is 11.4. The molecule has 1 fully saturated rings. The molecule has 0 N–H and O–H groups in total. The van der Waals surface area contributed by atoms with E-state index < -0.39 is 0 Å². The third-order valence-electron chi connectivity index (χ3n) is 4.09. The summed E-state index contributed by atoms with van der Waals surface area (Å²) in [5.74, 6) is 1.96. The Morgan fingerprint density at radius 1 is 1.44 bits per heavy atom. The molecule has 1 aliphatic heterocycles. The van der Waals surface area contributed by atoms with Gasteiger partial charge in [-0.05, 0) is 49.2 Å². The fourth-order valence-corrected chi connectivity index (χ4v) is 3.27. The summed E-state index contributed by atoms with van der Waals surface area (Å²) in [5, 5.41) is 1.97. The van der Waals surface area contributed by atoms with Crippen LogP contribution in [0.15, 0.2) is 17.5 Å². The highest BCUT2D eigenvalue weighted by Gasteiger charge is 2.22. The lowest BCUT2D eigenvalue weighted by Crippen LogP contribution is -2.38. The fraction of sp³-hybridized carbons (Fsp3) is 0.667. The molecule has 0 amide bonds. The zero-order chi connectivity index (χ0) is 13.0. The molecule has 2 rings (SSSR count). The van der Waals surface area contributed by atoms with Crippen LogP contribution in [0.1, 0.15) is 42.8 Å². The minimum Gasteiger partial charge on any atom is -0.303 e. The van der Waals surface area contributed by atoms with Crippen LogP contribution < -0.4 is 0 Å². The van der Waals surface area contributed by atoms with Crippen LogP contribution >= 0.6 is 11.3 Å². The molecule has 0 bridgehead atoms. The van der Waals surface area contributed by atoms with Gasteiger partial charge in [-0.3, -0.25) is 4.79 Å². The molecule has 100 valence electrons. The van der Waals surface area contributed by atoms with Gasteiger partial charge in [-0.2, -0.15) is 0 Å². The lowest BCUT2D eigenvalue weighted by atomic mass is 9.88. The van der Waals surface area contributed by atoms with Gasteiger partial charge in [-0.1, -0.05) is 19.9 Å². The number of ketones is 1. The van der Waals surface area contributed by atoms with Crippen LogP contribution in [-0.4, -0.2) is 30.3 Å². The molecule has 2 heterocycles. The van der Waals surface area contributed by atoms with E-state index in [0.29, 0.717) is 12.2 Å². The molecule has 0 aromatic carbocycles. The first kappa shape index (κ1) is 13.8. The van der Waals surface area contributed by atoms with Crippen molar-refractivity contribution < 1.29 is 4.79 Å². The number of Topliss-reactive ketones (excluding diaryl/α,β-unsaturated/α-hetero) is 1. The Morgan fingerprint density at radius 3 is 2.94 bits per heavy atom. The zero-order valence-corrected chi connectivity index (χ0v) is 12.2. The van der Waals surface area contributed by atoms with E-state index in [1.54, 1.807) is 11.3 Å². The van der Waals surface area contributed by atoms with Crippen LogP contribution in [0, 0.1) is 11.8 Å². The van der Waals surface area contributed by atoms with Crippen molar-refractivity contribution in [1.29, 1.82) is 0 Å². The third kappa shape index (κ3) is 3.66. The molecular weight excluding hydrogens is 242 g/mol. The van der Waals surface area contributed by atoms with E-state index in [-0.39, 0.29) is 0 Å². The number of hydrogen-bond acceptors (Lipinski definition) is 3. The third-order valence-corrected chi connectivity index (χ3v) is 5.00. The van der Waals surface area contributed by atoms with E-state index in [4.69, 9.17) is 0 Å².